The lowest BCUT2D eigenvalue weighted by atomic mass is 10.0. The first-order valence-electron chi connectivity index (χ1n) is 6.81. The van der Waals surface area contributed by atoms with E-state index in [1.807, 2.05) is 6.07 Å². The van der Waals surface area contributed by atoms with E-state index in [0.29, 0.717) is 12.2 Å². The Balaban J connectivity index is 2.12. The Kier molecular flexibility index (Phi) is 4.57. The van der Waals surface area contributed by atoms with Crippen molar-refractivity contribution in [1.82, 2.24) is 0 Å². The van der Waals surface area contributed by atoms with Crippen LogP contribution in [0.25, 0.3) is 0 Å². The molecule has 0 unspecified atom stereocenters. The number of nitrogens with zero attached hydrogens (tertiary/aromatic N) is 1. The fourth-order valence-corrected chi connectivity index (χ4v) is 2.34. The van der Waals surface area contributed by atoms with Crippen molar-refractivity contribution in [3.8, 4) is 0 Å². The molecule has 6 heteroatoms. The van der Waals surface area contributed by atoms with Gasteiger partial charge in [-0.05, 0) is 30.5 Å². The highest BCUT2D eigenvalue weighted by molar-refractivity contribution is 5.96. The van der Waals surface area contributed by atoms with Crippen molar-refractivity contribution >= 4 is 29.2 Å². The van der Waals surface area contributed by atoms with E-state index in [0.717, 1.165) is 24.1 Å². The molecule has 1 aromatic carbocycles. The Morgan fingerprint density at radius 1 is 1.29 bits per heavy atom. The number of fused-ring (bicyclic) bond motifs is 1. The van der Waals surface area contributed by atoms with Gasteiger partial charge in [-0.1, -0.05) is 6.07 Å². The van der Waals surface area contributed by atoms with Crippen LogP contribution in [0.2, 0.25) is 0 Å². The summed E-state index contributed by atoms with van der Waals surface area (Å²) in [7, 11) is 0. The van der Waals surface area contributed by atoms with Crippen LogP contribution in [0.15, 0.2) is 18.2 Å². The second-order valence-corrected chi connectivity index (χ2v) is 4.95. The Morgan fingerprint density at radius 3 is 2.71 bits per heavy atom. The highest BCUT2D eigenvalue weighted by atomic mass is 16.5. The van der Waals surface area contributed by atoms with Gasteiger partial charge in [0.05, 0.1) is 0 Å². The summed E-state index contributed by atoms with van der Waals surface area (Å²) in [4.78, 5) is 35.7. The van der Waals surface area contributed by atoms with Crippen LogP contribution in [-0.2, 0) is 25.5 Å². The van der Waals surface area contributed by atoms with Crippen LogP contribution >= 0.6 is 0 Å². The first-order valence-corrected chi connectivity index (χ1v) is 6.81. The zero-order valence-electron chi connectivity index (χ0n) is 12.1. The summed E-state index contributed by atoms with van der Waals surface area (Å²) in [6.45, 7) is 3.15. The number of amides is 2. The maximum absolute atomic E-state index is 11.7. The van der Waals surface area contributed by atoms with Crippen LogP contribution in [0.5, 0.6) is 0 Å². The van der Waals surface area contributed by atoms with Crippen molar-refractivity contribution in [1.29, 1.82) is 0 Å². The van der Waals surface area contributed by atoms with E-state index in [1.54, 1.807) is 17.0 Å². The molecule has 2 amide bonds. The Hall–Kier alpha value is -2.37. The molecule has 1 heterocycles. The maximum Gasteiger partial charge on any atom is 0.303 e. The lowest BCUT2D eigenvalue weighted by molar-refractivity contribution is -0.144. The maximum atomic E-state index is 11.7. The van der Waals surface area contributed by atoms with Crippen molar-refractivity contribution in [2.45, 2.75) is 26.7 Å². The first kappa shape index (κ1) is 15.0. The van der Waals surface area contributed by atoms with E-state index in [-0.39, 0.29) is 12.5 Å². The van der Waals surface area contributed by atoms with Crippen LogP contribution in [-0.4, -0.2) is 30.9 Å². The van der Waals surface area contributed by atoms with Crippen LogP contribution in [0, 0.1) is 0 Å². The third-order valence-corrected chi connectivity index (χ3v) is 3.27. The van der Waals surface area contributed by atoms with Gasteiger partial charge in [0.2, 0.25) is 5.91 Å². The number of anilines is 2. The summed E-state index contributed by atoms with van der Waals surface area (Å²) in [5, 5.41) is 2.65. The SMILES string of the molecule is CC(=O)OCC(=O)Nc1ccc2c(c1)N(C(C)=O)CCC2. The first-order chi connectivity index (χ1) is 9.97. The van der Waals surface area contributed by atoms with E-state index in [1.165, 1.54) is 13.8 Å². The molecule has 0 saturated heterocycles. The standard InChI is InChI=1S/C15H18N2O4/c1-10(18)17-7-3-4-12-5-6-13(8-14(12)17)16-15(20)9-21-11(2)19/h5-6,8H,3-4,7,9H2,1-2H3,(H,16,20). The van der Waals surface area contributed by atoms with Gasteiger partial charge in [-0.25, -0.2) is 0 Å². The third kappa shape index (κ3) is 3.81. The summed E-state index contributed by atoms with van der Waals surface area (Å²) in [6.07, 6.45) is 1.85. The van der Waals surface area contributed by atoms with Gasteiger partial charge in [0.1, 0.15) is 0 Å². The number of aryl methyl sites for hydroxylation is 1. The molecule has 112 valence electrons. The molecule has 0 atom stereocenters. The van der Waals surface area contributed by atoms with Gasteiger partial charge >= 0.3 is 5.97 Å². The van der Waals surface area contributed by atoms with Gasteiger partial charge in [-0.2, -0.15) is 0 Å². The molecule has 0 spiro atoms. The summed E-state index contributed by atoms with van der Waals surface area (Å²) in [5.41, 5.74) is 2.51. The van der Waals surface area contributed by atoms with Crippen molar-refractivity contribution in [2.75, 3.05) is 23.4 Å². The van der Waals surface area contributed by atoms with Gasteiger partial charge in [-0.3, -0.25) is 14.4 Å². The molecule has 21 heavy (non-hydrogen) atoms. The van der Waals surface area contributed by atoms with Crippen LogP contribution < -0.4 is 10.2 Å². The van der Waals surface area contributed by atoms with Gasteiger partial charge in [0.25, 0.3) is 5.91 Å². The largest absolute Gasteiger partial charge is 0.456 e. The molecular formula is C15H18N2O4. The number of rotatable bonds is 3. The van der Waals surface area contributed by atoms with E-state index in [9.17, 15) is 14.4 Å². The second kappa shape index (κ2) is 6.39. The molecule has 2 rings (SSSR count). The number of ether oxygens (including phenoxy) is 1. The minimum atomic E-state index is -0.502. The predicted octanol–water partition coefficient (Wildman–Crippen LogP) is 1.49. The van der Waals surface area contributed by atoms with Gasteiger partial charge in [-0.15, -0.1) is 0 Å². The number of benzene rings is 1. The van der Waals surface area contributed by atoms with Crippen LogP contribution in [0.3, 0.4) is 0 Å². The Morgan fingerprint density at radius 2 is 2.05 bits per heavy atom. The number of esters is 1. The normalized spacial score (nSPS) is 13.3. The highest BCUT2D eigenvalue weighted by Crippen LogP contribution is 2.30. The second-order valence-electron chi connectivity index (χ2n) is 4.95. The van der Waals surface area contributed by atoms with Crippen molar-refractivity contribution in [3.63, 3.8) is 0 Å². The average Bonchev–Trinajstić information content (AvgIpc) is 2.44. The lowest BCUT2D eigenvalue weighted by Gasteiger charge is -2.29. The summed E-state index contributed by atoms with van der Waals surface area (Å²) in [6, 6.07) is 5.47. The average molecular weight is 290 g/mol. The van der Waals surface area contributed by atoms with Crippen molar-refractivity contribution in [2.24, 2.45) is 0 Å². The molecule has 0 saturated carbocycles. The highest BCUT2D eigenvalue weighted by Gasteiger charge is 2.20. The quantitative estimate of drug-likeness (QED) is 0.856. The number of hydrogen-bond acceptors (Lipinski definition) is 4. The Labute approximate surface area is 123 Å². The predicted molar refractivity (Wildman–Crippen MR) is 78.1 cm³/mol. The number of hydrogen-bond donors (Lipinski definition) is 1. The molecule has 0 bridgehead atoms. The van der Waals surface area contributed by atoms with E-state index in [4.69, 9.17) is 0 Å². The van der Waals surface area contributed by atoms with E-state index in [2.05, 4.69) is 10.1 Å². The van der Waals surface area contributed by atoms with Crippen molar-refractivity contribution in [3.05, 3.63) is 23.8 Å². The molecule has 1 N–H and O–H groups in total. The number of carbonyl (C=O) groups is 3. The molecule has 0 aliphatic carbocycles. The summed E-state index contributed by atoms with van der Waals surface area (Å²) >= 11 is 0. The lowest BCUT2D eigenvalue weighted by Crippen LogP contribution is -2.33. The fraction of sp³-hybridized carbons (Fsp3) is 0.400. The molecular weight excluding hydrogens is 272 g/mol. The third-order valence-electron chi connectivity index (χ3n) is 3.27. The molecule has 6 nitrogen and oxygen atoms in total. The minimum absolute atomic E-state index is 0.0145. The topological polar surface area (TPSA) is 75.7 Å². The molecule has 1 aromatic rings. The monoisotopic (exact) mass is 290 g/mol. The molecule has 1 aliphatic rings. The van der Waals surface area contributed by atoms with Gasteiger partial charge in [0, 0.05) is 31.8 Å². The van der Waals surface area contributed by atoms with E-state index < -0.39 is 11.9 Å². The van der Waals surface area contributed by atoms with Crippen molar-refractivity contribution < 1.29 is 19.1 Å². The molecule has 0 fully saturated rings. The summed E-state index contributed by atoms with van der Waals surface area (Å²) in [5.74, 6) is -0.923. The zero-order chi connectivity index (χ0) is 15.4. The molecule has 0 radical (unpaired) electrons. The smallest absolute Gasteiger partial charge is 0.303 e. The molecule has 0 aromatic heterocycles. The number of carbonyl (C=O) groups excluding carboxylic acids is 3. The van der Waals surface area contributed by atoms with E-state index >= 15 is 0 Å². The van der Waals surface area contributed by atoms with Crippen LogP contribution in [0.1, 0.15) is 25.8 Å². The summed E-state index contributed by atoms with van der Waals surface area (Å²) < 4.78 is 4.63. The van der Waals surface area contributed by atoms with Crippen LogP contribution in [0.4, 0.5) is 11.4 Å². The molecule has 1 aliphatic heterocycles. The van der Waals surface area contributed by atoms with Gasteiger partial charge in [0.15, 0.2) is 6.61 Å². The fourth-order valence-electron chi connectivity index (χ4n) is 2.34. The minimum Gasteiger partial charge on any atom is -0.456 e. The Bertz CT molecular complexity index is 583. The van der Waals surface area contributed by atoms with Gasteiger partial charge < -0.3 is 15.0 Å². The zero-order valence-corrected chi connectivity index (χ0v) is 12.1. The number of nitrogens with one attached hydrogen (secondary N) is 1.